The van der Waals surface area contributed by atoms with Gasteiger partial charge < -0.3 is 14.5 Å². The quantitative estimate of drug-likeness (QED) is 0.729. The number of likely N-dealkylation sites (N-methyl/N-ethyl adjacent to an activating group) is 1. The number of carbonyl (C=O) groups is 1. The minimum absolute atomic E-state index is 0.0308. The van der Waals surface area contributed by atoms with Gasteiger partial charge in [0.15, 0.2) is 0 Å². The van der Waals surface area contributed by atoms with E-state index >= 15 is 0 Å². The molecular formula is C14H23F3N2O2. The van der Waals surface area contributed by atoms with Gasteiger partial charge in [-0.15, -0.1) is 0 Å². The Kier molecular flexibility index (Phi) is 5.48. The lowest BCUT2D eigenvalue weighted by atomic mass is 10.0. The second-order valence-corrected chi connectivity index (χ2v) is 5.90. The van der Waals surface area contributed by atoms with Crippen molar-refractivity contribution in [2.45, 2.75) is 50.4 Å². The Hall–Kier alpha value is -0.820. The monoisotopic (exact) mass is 308 g/mol. The van der Waals surface area contributed by atoms with Gasteiger partial charge in [-0.05, 0) is 39.3 Å². The molecule has 2 aliphatic rings. The van der Waals surface area contributed by atoms with Gasteiger partial charge in [-0.2, -0.15) is 13.2 Å². The van der Waals surface area contributed by atoms with Gasteiger partial charge in [-0.1, -0.05) is 0 Å². The van der Waals surface area contributed by atoms with Crippen molar-refractivity contribution in [1.82, 2.24) is 9.80 Å². The van der Waals surface area contributed by atoms with Crippen molar-refractivity contribution in [3.63, 3.8) is 0 Å². The fourth-order valence-corrected chi connectivity index (χ4v) is 3.42. The zero-order valence-corrected chi connectivity index (χ0v) is 12.4. The molecular weight excluding hydrogens is 285 g/mol. The molecule has 2 saturated heterocycles. The Morgan fingerprint density at radius 2 is 1.86 bits per heavy atom. The lowest BCUT2D eigenvalue weighted by molar-refractivity contribution is -0.175. The highest BCUT2D eigenvalue weighted by atomic mass is 19.4. The van der Waals surface area contributed by atoms with Crippen molar-refractivity contribution >= 4 is 5.91 Å². The second-order valence-electron chi connectivity index (χ2n) is 5.90. The molecule has 0 aromatic rings. The number of rotatable bonds is 5. The maximum Gasteiger partial charge on any atom is 0.411 e. The summed E-state index contributed by atoms with van der Waals surface area (Å²) in [5.74, 6) is -0.0834. The summed E-state index contributed by atoms with van der Waals surface area (Å²) in [7, 11) is 2.07. The summed E-state index contributed by atoms with van der Waals surface area (Å²) < 4.78 is 40.4. The van der Waals surface area contributed by atoms with Crippen molar-refractivity contribution in [2.75, 3.05) is 33.4 Å². The van der Waals surface area contributed by atoms with E-state index in [2.05, 4.69) is 16.7 Å². The zero-order valence-electron chi connectivity index (χ0n) is 12.4. The van der Waals surface area contributed by atoms with E-state index in [4.69, 9.17) is 0 Å². The lowest BCUT2D eigenvalue weighted by Gasteiger charge is -2.33. The first-order valence-corrected chi connectivity index (χ1v) is 7.53. The number of ether oxygens (including phenoxy) is 1. The molecule has 7 heteroatoms. The molecule has 0 bridgehead atoms. The molecule has 2 fully saturated rings. The van der Waals surface area contributed by atoms with Crippen LogP contribution in [0.4, 0.5) is 13.2 Å². The van der Waals surface area contributed by atoms with Gasteiger partial charge in [-0.3, -0.25) is 4.79 Å². The normalized spacial score (nSPS) is 27.5. The number of hydrogen-bond donors (Lipinski definition) is 0. The SMILES string of the molecule is CN1CCC[C@H]1[C@@H]1CCCN1C(=O)CCOCC(F)(F)F. The highest BCUT2D eigenvalue weighted by Gasteiger charge is 2.38. The number of halogens is 3. The van der Waals surface area contributed by atoms with Crippen LogP contribution in [0.3, 0.4) is 0 Å². The summed E-state index contributed by atoms with van der Waals surface area (Å²) in [5.41, 5.74) is 0. The lowest BCUT2D eigenvalue weighted by Crippen LogP contribution is -2.47. The van der Waals surface area contributed by atoms with Crippen LogP contribution in [0, 0.1) is 0 Å². The van der Waals surface area contributed by atoms with E-state index in [0.717, 1.165) is 32.2 Å². The third-order valence-electron chi connectivity index (χ3n) is 4.37. The van der Waals surface area contributed by atoms with E-state index in [1.54, 1.807) is 0 Å². The van der Waals surface area contributed by atoms with Crippen LogP contribution in [0.5, 0.6) is 0 Å². The first kappa shape index (κ1) is 16.5. The second kappa shape index (κ2) is 6.96. The number of amides is 1. The number of carbonyl (C=O) groups excluding carboxylic acids is 1. The molecule has 21 heavy (non-hydrogen) atoms. The molecule has 2 aliphatic heterocycles. The summed E-state index contributed by atoms with van der Waals surface area (Å²) in [6.45, 7) is 0.322. The van der Waals surface area contributed by atoms with Gasteiger partial charge in [0.05, 0.1) is 13.0 Å². The molecule has 2 rings (SSSR count). The third-order valence-corrected chi connectivity index (χ3v) is 4.37. The van der Waals surface area contributed by atoms with E-state index in [9.17, 15) is 18.0 Å². The Labute approximate surface area is 123 Å². The zero-order chi connectivity index (χ0) is 15.5. The molecule has 122 valence electrons. The van der Waals surface area contributed by atoms with Crippen LogP contribution in [0.2, 0.25) is 0 Å². The number of alkyl halides is 3. The summed E-state index contributed by atoms with van der Waals surface area (Å²) >= 11 is 0. The van der Waals surface area contributed by atoms with Crippen LogP contribution in [-0.2, 0) is 9.53 Å². The van der Waals surface area contributed by atoms with E-state index in [1.165, 1.54) is 0 Å². The highest BCUT2D eigenvalue weighted by Crippen LogP contribution is 2.29. The van der Waals surface area contributed by atoms with Crippen LogP contribution in [0.25, 0.3) is 0 Å². The van der Waals surface area contributed by atoms with Crippen molar-refractivity contribution in [3.8, 4) is 0 Å². The van der Waals surface area contributed by atoms with Gasteiger partial charge in [0, 0.05) is 18.6 Å². The number of hydrogen-bond acceptors (Lipinski definition) is 3. The van der Waals surface area contributed by atoms with Gasteiger partial charge in [-0.25, -0.2) is 0 Å². The first-order valence-electron chi connectivity index (χ1n) is 7.53. The van der Waals surface area contributed by atoms with Crippen molar-refractivity contribution in [2.24, 2.45) is 0 Å². The average Bonchev–Trinajstić information content (AvgIpc) is 3.01. The molecule has 0 aromatic heterocycles. The molecule has 0 N–H and O–H groups in total. The maximum atomic E-state index is 12.2. The molecule has 0 saturated carbocycles. The van der Waals surface area contributed by atoms with E-state index < -0.39 is 12.8 Å². The average molecular weight is 308 g/mol. The van der Waals surface area contributed by atoms with Crippen LogP contribution in [0.1, 0.15) is 32.1 Å². The predicted octanol–water partition coefficient (Wildman–Crippen LogP) is 2.04. The standard InChI is InChI=1S/C14H23F3N2O2/c1-18-7-2-4-11(18)12-5-3-8-19(12)13(20)6-9-21-10-14(15,16)17/h11-12H,2-10H2,1H3/t11-,12-/m0/s1. The maximum absolute atomic E-state index is 12.2. The fraction of sp³-hybridized carbons (Fsp3) is 0.929. The highest BCUT2D eigenvalue weighted by molar-refractivity contribution is 5.77. The van der Waals surface area contributed by atoms with Crippen molar-refractivity contribution < 1.29 is 22.7 Å². The molecule has 0 aromatic carbocycles. The third kappa shape index (κ3) is 4.57. The Morgan fingerprint density at radius 1 is 1.19 bits per heavy atom. The molecule has 2 heterocycles. The van der Waals surface area contributed by atoms with Gasteiger partial charge in [0.1, 0.15) is 6.61 Å². The molecule has 0 spiro atoms. The summed E-state index contributed by atoms with van der Waals surface area (Å²) in [5, 5.41) is 0. The first-order chi connectivity index (χ1) is 9.88. The number of nitrogens with zero attached hydrogens (tertiary/aromatic N) is 2. The molecule has 0 unspecified atom stereocenters. The van der Waals surface area contributed by atoms with Crippen molar-refractivity contribution in [1.29, 1.82) is 0 Å². The van der Waals surface area contributed by atoms with Gasteiger partial charge in [0.25, 0.3) is 0 Å². The van der Waals surface area contributed by atoms with Crippen LogP contribution in [0.15, 0.2) is 0 Å². The minimum Gasteiger partial charge on any atom is -0.372 e. The van der Waals surface area contributed by atoms with Crippen LogP contribution in [-0.4, -0.2) is 67.3 Å². The van der Waals surface area contributed by atoms with Gasteiger partial charge >= 0.3 is 6.18 Å². The Morgan fingerprint density at radius 3 is 2.48 bits per heavy atom. The van der Waals surface area contributed by atoms with Crippen LogP contribution >= 0.6 is 0 Å². The summed E-state index contributed by atoms with van der Waals surface area (Å²) in [4.78, 5) is 16.3. The van der Waals surface area contributed by atoms with Gasteiger partial charge in [0.2, 0.25) is 5.91 Å². The summed E-state index contributed by atoms with van der Waals surface area (Å²) in [6, 6.07) is 0.611. The number of likely N-dealkylation sites (tertiary alicyclic amines) is 2. The smallest absolute Gasteiger partial charge is 0.372 e. The van der Waals surface area contributed by atoms with E-state index in [-0.39, 0.29) is 25.0 Å². The van der Waals surface area contributed by atoms with E-state index in [1.807, 2.05) is 4.90 Å². The van der Waals surface area contributed by atoms with Crippen molar-refractivity contribution in [3.05, 3.63) is 0 Å². The molecule has 1 amide bonds. The molecule has 0 aliphatic carbocycles. The van der Waals surface area contributed by atoms with Crippen LogP contribution < -0.4 is 0 Å². The minimum atomic E-state index is -4.33. The Balaban J connectivity index is 1.78. The molecule has 2 atom stereocenters. The predicted molar refractivity (Wildman–Crippen MR) is 71.9 cm³/mol. The topological polar surface area (TPSA) is 32.8 Å². The Bertz CT molecular complexity index is 363. The fourth-order valence-electron chi connectivity index (χ4n) is 3.42. The van der Waals surface area contributed by atoms with E-state index in [0.29, 0.717) is 12.6 Å². The summed E-state index contributed by atoms with van der Waals surface area (Å²) in [6.07, 6.45) is -0.0903. The molecule has 4 nitrogen and oxygen atoms in total. The largest absolute Gasteiger partial charge is 0.411 e. The molecule has 0 radical (unpaired) electrons.